The molecule has 1 heterocycles. The van der Waals surface area contributed by atoms with Gasteiger partial charge in [-0.25, -0.2) is 8.42 Å². The van der Waals surface area contributed by atoms with E-state index in [-0.39, 0.29) is 34.9 Å². The van der Waals surface area contributed by atoms with Crippen molar-refractivity contribution in [1.29, 1.82) is 0 Å². The number of nitrogens with one attached hydrogen (secondary N) is 2. The fourth-order valence-electron chi connectivity index (χ4n) is 3.16. The monoisotopic (exact) mass is 516 g/mol. The second kappa shape index (κ2) is 12.1. The summed E-state index contributed by atoms with van der Waals surface area (Å²) in [6, 6.07) is 12.4. The molecule has 0 fully saturated rings. The minimum atomic E-state index is -3.97. The predicted molar refractivity (Wildman–Crippen MR) is 134 cm³/mol. The maximum Gasteiger partial charge on any atom is 0.321 e. The number of carbonyl (C=O) groups excluding carboxylic acids is 1. The molecule has 0 aliphatic heterocycles. The largest absolute Gasteiger partial charge is 0.490 e. The molecule has 0 radical (unpaired) electrons. The van der Waals surface area contributed by atoms with Crippen LogP contribution in [-0.4, -0.2) is 51.7 Å². The van der Waals surface area contributed by atoms with Gasteiger partial charge >= 0.3 is 6.01 Å². The number of anilines is 2. The van der Waals surface area contributed by atoms with Crippen molar-refractivity contribution >= 4 is 27.4 Å². The number of sulfonamides is 1. The van der Waals surface area contributed by atoms with E-state index in [4.69, 9.17) is 18.9 Å². The number of aromatic nitrogens is 2. The van der Waals surface area contributed by atoms with Crippen molar-refractivity contribution < 1.29 is 32.2 Å². The summed E-state index contributed by atoms with van der Waals surface area (Å²) in [5.74, 6) is 1.05. The van der Waals surface area contributed by atoms with Crippen LogP contribution in [0.5, 0.6) is 23.4 Å². The number of benzene rings is 2. The third kappa shape index (κ3) is 6.98. The van der Waals surface area contributed by atoms with Crippen molar-refractivity contribution in [2.45, 2.75) is 25.2 Å². The quantitative estimate of drug-likeness (QED) is 0.371. The first kappa shape index (κ1) is 26.5. The molecule has 11 nitrogen and oxygen atoms in total. The van der Waals surface area contributed by atoms with Gasteiger partial charge in [0.1, 0.15) is 0 Å². The summed E-state index contributed by atoms with van der Waals surface area (Å²) in [5, 5.41) is 2.76. The van der Waals surface area contributed by atoms with Crippen LogP contribution in [0, 0.1) is 0 Å². The van der Waals surface area contributed by atoms with Crippen LogP contribution in [0.2, 0.25) is 0 Å². The van der Waals surface area contributed by atoms with Crippen LogP contribution < -0.4 is 29.0 Å². The van der Waals surface area contributed by atoms with Crippen molar-refractivity contribution in [2.24, 2.45) is 0 Å². The third-order valence-corrected chi connectivity index (χ3v) is 6.10. The Bertz CT molecular complexity index is 1280. The van der Waals surface area contributed by atoms with Crippen LogP contribution in [0.3, 0.4) is 0 Å². The lowest BCUT2D eigenvalue weighted by Crippen LogP contribution is -2.16. The highest BCUT2D eigenvalue weighted by atomic mass is 32.2. The number of methoxy groups -OCH3 is 2. The van der Waals surface area contributed by atoms with E-state index in [0.29, 0.717) is 30.4 Å². The highest BCUT2D eigenvalue weighted by Gasteiger charge is 2.17. The summed E-state index contributed by atoms with van der Waals surface area (Å²) >= 11 is 0. The topological polar surface area (TPSA) is 138 Å². The molecule has 36 heavy (non-hydrogen) atoms. The molecule has 1 aromatic heterocycles. The summed E-state index contributed by atoms with van der Waals surface area (Å²) < 4.78 is 49.0. The van der Waals surface area contributed by atoms with E-state index < -0.39 is 10.0 Å². The molecule has 12 heteroatoms. The van der Waals surface area contributed by atoms with Gasteiger partial charge in [0, 0.05) is 11.8 Å². The molecule has 1 amide bonds. The minimum Gasteiger partial charge on any atom is -0.490 e. The Hall–Kier alpha value is -4.06. The van der Waals surface area contributed by atoms with E-state index in [1.54, 1.807) is 18.2 Å². The van der Waals surface area contributed by atoms with Gasteiger partial charge in [0.2, 0.25) is 11.8 Å². The molecular formula is C24H28N4O7S. The molecule has 0 spiro atoms. The van der Waals surface area contributed by atoms with Gasteiger partial charge in [-0.3, -0.25) is 9.52 Å². The molecule has 0 aliphatic carbocycles. The number of rotatable bonds is 12. The smallest absolute Gasteiger partial charge is 0.321 e. The van der Waals surface area contributed by atoms with Gasteiger partial charge < -0.3 is 24.3 Å². The Morgan fingerprint density at radius 3 is 2.22 bits per heavy atom. The van der Waals surface area contributed by atoms with Crippen molar-refractivity contribution in [3.8, 4) is 23.4 Å². The van der Waals surface area contributed by atoms with Crippen molar-refractivity contribution in [1.82, 2.24) is 9.97 Å². The van der Waals surface area contributed by atoms with Gasteiger partial charge in [0.15, 0.2) is 17.3 Å². The Balaban J connectivity index is 1.67. The van der Waals surface area contributed by atoms with E-state index in [0.717, 1.165) is 5.56 Å². The Kier molecular flexibility index (Phi) is 8.90. The van der Waals surface area contributed by atoms with Crippen LogP contribution in [0.15, 0.2) is 53.4 Å². The molecule has 0 aliphatic rings. The lowest BCUT2D eigenvalue weighted by Gasteiger charge is -2.13. The summed E-state index contributed by atoms with van der Waals surface area (Å²) in [4.78, 5) is 20.4. The molecule has 0 atom stereocenters. The average Bonchev–Trinajstić information content (AvgIpc) is 2.85. The minimum absolute atomic E-state index is 0.0159. The Morgan fingerprint density at radius 2 is 1.58 bits per heavy atom. The molecule has 0 unspecified atom stereocenters. The predicted octanol–water partition coefficient (Wildman–Crippen LogP) is 3.27. The molecule has 192 valence electrons. The first-order chi connectivity index (χ1) is 17.3. The molecule has 3 rings (SSSR count). The van der Waals surface area contributed by atoms with Gasteiger partial charge in [-0.15, -0.1) is 0 Å². The van der Waals surface area contributed by atoms with E-state index in [1.165, 1.54) is 44.6 Å². The van der Waals surface area contributed by atoms with E-state index >= 15 is 0 Å². The zero-order valence-corrected chi connectivity index (χ0v) is 21.2. The third-order valence-electron chi connectivity index (χ3n) is 4.73. The second-order valence-corrected chi connectivity index (χ2v) is 8.97. The van der Waals surface area contributed by atoms with E-state index in [2.05, 4.69) is 20.0 Å². The fourth-order valence-corrected chi connectivity index (χ4v) is 4.15. The van der Waals surface area contributed by atoms with Gasteiger partial charge in [-0.05, 0) is 55.8 Å². The molecule has 2 N–H and O–H groups in total. The Labute approximate surface area is 209 Å². The molecule has 3 aromatic rings. The van der Waals surface area contributed by atoms with Crippen LogP contribution in [0.25, 0.3) is 0 Å². The lowest BCUT2D eigenvalue weighted by molar-refractivity contribution is -0.115. The van der Waals surface area contributed by atoms with Gasteiger partial charge in [-0.2, -0.15) is 9.97 Å². The molecule has 0 saturated carbocycles. The number of hydrogen-bond acceptors (Lipinski definition) is 9. The van der Waals surface area contributed by atoms with E-state index in [9.17, 15) is 13.2 Å². The summed E-state index contributed by atoms with van der Waals surface area (Å²) in [7, 11) is -1.22. The van der Waals surface area contributed by atoms with E-state index in [1.807, 2.05) is 13.8 Å². The van der Waals surface area contributed by atoms with Crippen molar-refractivity contribution in [2.75, 3.05) is 37.5 Å². The number of carbonyl (C=O) groups is 1. The molecular weight excluding hydrogens is 488 g/mol. The van der Waals surface area contributed by atoms with Crippen molar-refractivity contribution in [3.63, 3.8) is 0 Å². The first-order valence-corrected chi connectivity index (χ1v) is 12.5. The fraction of sp³-hybridized carbons (Fsp3) is 0.292. The number of ether oxygens (including phenoxy) is 4. The molecule has 0 saturated heterocycles. The van der Waals surface area contributed by atoms with Crippen molar-refractivity contribution in [3.05, 3.63) is 54.1 Å². The highest BCUT2D eigenvalue weighted by molar-refractivity contribution is 7.92. The normalized spacial score (nSPS) is 10.9. The highest BCUT2D eigenvalue weighted by Crippen LogP contribution is 2.29. The van der Waals surface area contributed by atoms with Crippen LogP contribution in [0.1, 0.15) is 19.4 Å². The zero-order chi connectivity index (χ0) is 26.1. The maximum absolute atomic E-state index is 12.8. The molecule has 2 aromatic carbocycles. The van der Waals surface area contributed by atoms with Gasteiger partial charge in [0.05, 0.1) is 38.7 Å². The SMILES string of the molecule is CCOc1ccc(CC(=O)Nc2ccc(S(=O)(=O)Nc3cc(OC)nc(OC)n3)cc2)cc1OCC. The van der Waals surface area contributed by atoms with Gasteiger partial charge in [-0.1, -0.05) is 6.07 Å². The number of amides is 1. The van der Waals surface area contributed by atoms with Crippen LogP contribution in [-0.2, 0) is 21.2 Å². The lowest BCUT2D eigenvalue weighted by atomic mass is 10.1. The van der Waals surface area contributed by atoms with Crippen LogP contribution >= 0.6 is 0 Å². The van der Waals surface area contributed by atoms with Gasteiger partial charge in [0.25, 0.3) is 10.0 Å². The zero-order valence-electron chi connectivity index (χ0n) is 20.4. The molecule has 0 bridgehead atoms. The summed E-state index contributed by atoms with van der Waals surface area (Å²) in [6.07, 6.45) is 0.103. The maximum atomic E-state index is 12.8. The first-order valence-electron chi connectivity index (χ1n) is 11.1. The average molecular weight is 517 g/mol. The summed E-state index contributed by atoms with van der Waals surface area (Å²) in [5.41, 5.74) is 1.19. The number of hydrogen-bond donors (Lipinski definition) is 2. The summed E-state index contributed by atoms with van der Waals surface area (Å²) in [6.45, 7) is 4.73. The standard InChI is InChI=1S/C24H28N4O7S/c1-5-34-19-12-7-16(13-20(19)35-6-2)14-22(29)25-17-8-10-18(11-9-17)36(30,31)28-21-15-23(32-3)27-24(26-21)33-4/h7-13,15H,5-6,14H2,1-4H3,(H,25,29)(H,26,27,28). The second-order valence-electron chi connectivity index (χ2n) is 7.28. The Morgan fingerprint density at radius 1 is 0.889 bits per heavy atom. The van der Waals surface area contributed by atoms with Crippen LogP contribution in [0.4, 0.5) is 11.5 Å². The number of nitrogens with zero attached hydrogens (tertiary/aromatic N) is 2.